The van der Waals surface area contributed by atoms with Crippen LogP contribution in [0.3, 0.4) is 0 Å². The summed E-state index contributed by atoms with van der Waals surface area (Å²) >= 11 is 3.52. The summed E-state index contributed by atoms with van der Waals surface area (Å²) in [6.45, 7) is 0. The smallest absolute Gasteiger partial charge is 0.0342 e. The highest BCUT2D eigenvalue weighted by molar-refractivity contribution is 7.13. The third kappa shape index (κ3) is 4.14. The lowest BCUT2D eigenvalue weighted by molar-refractivity contribution is 1.59. The highest BCUT2D eigenvalue weighted by Crippen LogP contribution is 2.28. The van der Waals surface area contributed by atoms with Crippen LogP contribution in [-0.2, 0) is 0 Å². The number of thiophene rings is 2. The van der Waals surface area contributed by atoms with Gasteiger partial charge in [0.2, 0.25) is 0 Å². The van der Waals surface area contributed by atoms with Crippen LogP contribution in [0, 0.1) is 11.8 Å². The molecular formula is C28H18S2. The Balaban J connectivity index is 1.30. The molecule has 0 saturated heterocycles. The largest absolute Gasteiger partial charge is 0.144 e. The fraction of sp³-hybridized carbons (Fsp3) is 0. The van der Waals surface area contributed by atoms with E-state index in [0.717, 1.165) is 11.1 Å². The van der Waals surface area contributed by atoms with Crippen LogP contribution in [0.1, 0.15) is 11.1 Å². The number of rotatable bonds is 3. The maximum atomic E-state index is 3.28. The lowest BCUT2D eigenvalue weighted by atomic mass is 10.0. The first kappa shape index (κ1) is 18.6. The molecule has 0 amide bonds. The molecule has 0 aliphatic heterocycles. The minimum Gasteiger partial charge on any atom is -0.144 e. The zero-order chi connectivity index (χ0) is 20.2. The van der Waals surface area contributed by atoms with Gasteiger partial charge in [0.15, 0.2) is 0 Å². The highest BCUT2D eigenvalue weighted by Gasteiger charge is 2.01. The van der Waals surface area contributed by atoms with Crippen molar-refractivity contribution in [1.29, 1.82) is 0 Å². The molecule has 2 heterocycles. The molecule has 0 N–H and O–H groups in total. The van der Waals surface area contributed by atoms with E-state index in [-0.39, 0.29) is 0 Å². The molecule has 0 atom stereocenters. The van der Waals surface area contributed by atoms with Gasteiger partial charge in [-0.3, -0.25) is 0 Å². The Bertz CT molecular complexity index is 1280. The van der Waals surface area contributed by atoms with Crippen LogP contribution >= 0.6 is 22.7 Å². The molecule has 142 valence electrons. The lowest BCUT2D eigenvalue weighted by Gasteiger charge is -2.04. The van der Waals surface area contributed by atoms with E-state index in [0.29, 0.717) is 0 Å². The van der Waals surface area contributed by atoms with Gasteiger partial charge in [0.1, 0.15) is 0 Å². The van der Waals surface area contributed by atoms with E-state index < -0.39 is 0 Å². The summed E-state index contributed by atoms with van der Waals surface area (Å²) in [4.78, 5) is 2.59. The molecule has 0 bridgehead atoms. The van der Waals surface area contributed by atoms with E-state index in [9.17, 15) is 0 Å². The third-order valence-electron chi connectivity index (χ3n) is 4.95. The summed E-state index contributed by atoms with van der Waals surface area (Å²) in [7, 11) is 0. The van der Waals surface area contributed by atoms with Crippen LogP contribution in [0.2, 0.25) is 0 Å². The highest BCUT2D eigenvalue weighted by atomic mass is 32.1. The average Bonchev–Trinajstić information content (AvgIpc) is 3.53. The quantitative estimate of drug-likeness (QED) is 0.259. The summed E-state index contributed by atoms with van der Waals surface area (Å²) in [5.41, 5.74) is 6.99. The standard InChI is InChI=1S/C28H18S2/c1-3-27(29-19-1)25-13-9-22(10-14-25)6-5-21-7-11-23(12-8-21)24-15-17-26(18-16-24)28-4-2-20-30-28/h1-4,7-20H. The van der Waals surface area contributed by atoms with Crippen molar-refractivity contribution in [1.82, 2.24) is 0 Å². The van der Waals surface area contributed by atoms with Gasteiger partial charge in [0, 0.05) is 20.9 Å². The van der Waals surface area contributed by atoms with Gasteiger partial charge in [-0.2, -0.15) is 0 Å². The summed E-state index contributed by atoms with van der Waals surface area (Å²) in [5, 5.41) is 4.21. The molecule has 0 aliphatic carbocycles. The first-order chi connectivity index (χ1) is 14.8. The Kier molecular flexibility index (Phi) is 5.31. The molecule has 3 aromatic carbocycles. The molecular weight excluding hydrogens is 400 g/mol. The first-order valence-corrected chi connectivity index (χ1v) is 11.5. The van der Waals surface area contributed by atoms with Crippen LogP contribution in [0.15, 0.2) is 108 Å². The van der Waals surface area contributed by atoms with Crippen LogP contribution in [0.4, 0.5) is 0 Å². The van der Waals surface area contributed by atoms with Crippen molar-refractivity contribution in [3.63, 3.8) is 0 Å². The normalized spacial score (nSPS) is 10.4. The van der Waals surface area contributed by atoms with Gasteiger partial charge in [-0.1, -0.05) is 72.5 Å². The molecule has 0 saturated carbocycles. The summed E-state index contributed by atoms with van der Waals surface area (Å²) < 4.78 is 0. The van der Waals surface area contributed by atoms with Crippen molar-refractivity contribution in [3.8, 4) is 43.8 Å². The van der Waals surface area contributed by atoms with E-state index in [1.807, 2.05) is 0 Å². The van der Waals surface area contributed by atoms with Gasteiger partial charge >= 0.3 is 0 Å². The van der Waals surface area contributed by atoms with Crippen molar-refractivity contribution < 1.29 is 0 Å². The van der Waals surface area contributed by atoms with Crippen LogP contribution < -0.4 is 0 Å². The van der Waals surface area contributed by atoms with Gasteiger partial charge in [-0.15, -0.1) is 22.7 Å². The number of hydrogen-bond donors (Lipinski definition) is 0. The lowest BCUT2D eigenvalue weighted by Crippen LogP contribution is -1.81. The third-order valence-corrected chi connectivity index (χ3v) is 6.79. The second kappa shape index (κ2) is 8.55. The Morgan fingerprint density at radius 2 is 0.767 bits per heavy atom. The Morgan fingerprint density at radius 1 is 0.400 bits per heavy atom. The van der Waals surface area contributed by atoms with Crippen molar-refractivity contribution in [2.75, 3.05) is 0 Å². The fourth-order valence-corrected chi connectivity index (χ4v) is 4.79. The van der Waals surface area contributed by atoms with Gasteiger partial charge in [0.25, 0.3) is 0 Å². The van der Waals surface area contributed by atoms with E-state index in [1.165, 1.54) is 32.0 Å². The summed E-state index contributed by atoms with van der Waals surface area (Å²) in [6.07, 6.45) is 0. The first-order valence-electron chi connectivity index (χ1n) is 9.75. The Morgan fingerprint density at radius 3 is 1.17 bits per heavy atom. The van der Waals surface area contributed by atoms with E-state index in [1.54, 1.807) is 22.7 Å². The molecule has 0 radical (unpaired) electrons. The maximum absolute atomic E-state index is 3.28. The minimum atomic E-state index is 1.02. The minimum absolute atomic E-state index is 1.02. The van der Waals surface area contributed by atoms with Gasteiger partial charge < -0.3 is 0 Å². The molecule has 0 fully saturated rings. The van der Waals surface area contributed by atoms with E-state index >= 15 is 0 Å². The second-order valence-corrected chi connectivity index (χ2v) is 8.83. The molecule has 2 aromatic heterocycles. The van der Waals surface area contributed by atoms with E-state index in [4.69, 9.17) is 0 Å². The Hall–Kier alpha value is -3.38. The molecule has 2 heteroatoms. The number of hydrogen-bond acceptors (Lipinski definition) is 2. The topological polar surface area (TPSA) is 0 Å². The maximum Gasteiger partial charge on any atom is 0.0342 e. The molecule has 0 spiro atoms. The second-order valence-electron chi connectivity index (χ2n) is 6.94. The van der Waals surface area contributed by atoms with Gasteiger partial charge in [-0.25, -0.2) is 0 Å². The molecule has 0 aliphatic rings. The van der Waals surface area contributed by atoms with Crippen LogP contribution in [-0.4, -0.2) is 0 Å². The SMILES string of the molecule is C(#Cc1ccc(-c2cccs2)cc1)c1ccc(-c2ccc(-c3cccs3)cc2)cc1. The van der Waals surface area contributed by atoms with Gasteiger partial charge in [-0.05, 0) is 69.4 Å². The predicted octanol–water partition coefficient (Wildman–Crippen LogP) is 8.21. The monoisotopic (exact) mass is 418 g/mol. The van der Waals surface area contributed by atoms with Crippen molar-refractivity contribution in [2.45, 2.75) is 0 Å². The molecule has 30 heavy (non-hydrogen) atoms. The Labute approximate surface area is 185 Å². The van der Waals surface area contributed by atoms with E-state index in [2.05, 4.69) is 120 Å². The summed E-state index contributed by atoms with van der Waals surface area (Å²) in [5.74, 6) is 6.55. The molecule has 0 unspecified atom stereocenters. The summed E-state index contributed by atoms with van der Waals surface area (Å²) in [6, 6.07) is 34.1. The average molecular weight is 419 g/mol. The fourth-order valence-electron chi connectivity index (χ4n) is 3.32. The van der Waals surface area contributed by atoms with Crippen LogP contribution in [0.5, 0.6) is 0 Å². The van der Waals surface area contributed by atoms with Crippen molar-refractivity contribution in [2.24, 2.45) is 0 Å². The van der Waals surface area contributed by atoms with Crippen molar-refractivity contribution in [3.05, 3.63) is 119 Å². The zero-order valence-corrected chi connectivity index (χ0v) is 17.8. The van der Waals surface area contributed by atoms with Gasteiger partial charge in [0.05, 0.1) is 0 Å². The molecule has 5 aromatic rings. The zero-order valence-electron chi connectivity index (χ0n) is 16.2. The molecule has 0 nitrogen and oxygen atoms in total. The van der Waals surface area contributed by atoms with Crippen molar-refractivity contribution >= 4 is 22.7 Å². The van der Waals surface area contributed by atoms with Crippen LogP contribution in [0.25, 0.3) is 32.0 Å². The molecule has 5 rings (SSSR count). The number of benzene rings is 3. The predicted molar refractivity (Wildman–Crippen MR) is 131 cm³/mol.